The van der Waals surface area contributed by atoms with Crippen molar-refractivity contribution in [3.05, 3.63) is 211 Å². The molecule has 0 radical (unpaired) electrons. The number of anilines is 2. The number of para-hydroxylation sites is 4. The minimum absolute atomic E-state index is 0.337. The monoisotopic (exact) mass is 773 g/mol. The summed E-state index contributed by atoms with van der Waals surface area (Å²) in [5.41, 5.74) is 15.6. The molecule has 0 saturated carbocycles. The molecule has 0 spiro atoms. The molecule has 0 bridgehead atoms. The van der Waals surface area contributed by atoms with Gasteiger partial charge in [-0.1, -0.05) is 140 Å². The van der Waals surface area contributed by atoms with Crippen molar-refractivity contribution in [2.75, 3.05) is 11.4 Å². The summed E-state index contributed by atoms with van der Waals surface area (Å²) in [5, 5.41) is 7.76. The molecule has 0 aliphatic heterocycles. The van der Waals surface area contributed by atoms with Gasteiger partial charge in [0.2, 0.25) is 0 Å². The largest absolute Gasteiger partial charge is 0.341 e. The summed E-state index contributed by atoms with van der Waals surface area (Å²) >= 11 is 0. The third kappa shape index (κ3) is 5.87. The molecule has 0 amide bonds. The van der Waals surface area contributed by atoms with E-state index in [2.05, 4.69) is 209 Å². The molecule has 1 unspecified atom stereocenters. The average Bonchev–Trinajstić information content (AvgIpc) is 3.83. The molecule has 60 heavy (non-hydrogen) atoms. The summed E-state index contributed by atoms with van der Waals surface area (Å²) in [5.74, 6) is 0.337. The van der Waals surface area contributed by atoms with Crippen LogP contribution in [0.2, 0.25) is 0 Å². The number of nitrogens with zero attached hydrogens (tertiary/aromatic N) is 3. The number of hydrogen-bond acceptors (Lipinski definition) is 1. The summed E-state index contributed by atoms with van der Waals surface area (Å²) in [6, 6.07) is 60.8. The van der Waals surface area contributed by atoms with Gasteiger partial charge in [-0.2, -0.15) is 0 Å². The second-order valence-corrected chi connectivity index (χ2v) is 16.3. The molecular formula is C57H47N3. The Kier molecular flexibility index (Phi) is 8.96. The highest BCUT2D eigenvalue weighted by atomic mass is 15.1. The maximum Gasteiger partial charge on any atom is 0.0745 e. The molecule has 12 rings (SSSR count). The zero-order valence-corrected chi connectivity index (χ0v) is 34.1. The molecule has 1 atom stereocenters. The second kappa shape index (κ2) is 14.9. The lowest BCUT2D eigenvalue weighted by Crippen LogP contribution is -2.25. The maximum absolute atomic E-state index is 3.48. The molecule has 3 nitrogen and oxygen atoms in total. The Hall–Kier alpha value is -7.10. The topological polar surface area (TPSA) is 12.1 Å². The number of hydrogen-bond donors (Lipinski definition) is 0. The Morgan fingerprint density at radius 2 is 1.13 bits per heavy atom. The van der Waals surface area contributed by atoms with E-state index in [1.165, 1.54) is 99.1 Å². The lowest BCUT2D eigenvalue weighted by Gasteiger charge is -2.30. The smallest absolute Gasteiger partial charge is 0.0745 e. The Morgan fingerprint density at radius 1 is 0.567 bits per heavy atom. The van der Waals surface area contributed by atoms with Gasteiger partial charge in [0.05, 0.1) is 33.1 Å². The summed E-state index contributed by atoms with van der Waals surface area (Å²) in [6.07, 6.45) is 13.2. The van der Waals surface area contributed by atoms with Crippen LogP contribution in [0.1, 0.15) is 36.5 Å². The molecule has 2 aliphatic carbocycles. The van der Waals surface area contributed by atoms with E-state index in [0.29, 0.717) is 5.92 Å². The van der Waals surface area contributed by atoms with Crippen LogP contribution in [-0.4, -0.2) is 15.3 Å². The van der Waals surface area contributed by atoms with Crippen LogP contribution < -0.4 is 4.90 Å². The van der Waals surface area contributed by atoms with Crippen molar-refractivity contribution in [2.45, 2.75) is 32.6 Å². The van der Waals surface area contributed by atoms with Crippen LogP contribution >= 0.6 is 0 Å². The predicted molar refractivity (Wildman–Crippen MR) is 258 cm³/mol. The van der Waals surface area contributed by atoms with Crippen molar-refractivity contribution >= 4 is 82.4 Å². The number of rotatable bonds is 6. The first kappa shape index (κ1) is 36.0. The fourth-order valence-electron chi connectivity index (χ4n) is 10.0. The standard InChI is InChI=1S/C53H39N3.C4H8/c1-2-17-40(18-3-1)54(34-35-13-12-16-37(31-35)39-26-25-36-14-4-5-15-38(36)32-39)41-27-30-51-47(33-41)44-21-8-11-24-50(44)55-48-22-9-6-19-42(48)45-28-29-46-43-20-7-10-23-49(43)56(51)53(46)52(45)55;1-3-4-2/h1-12,14-27,30-33,35H,13,28-29,34H2;3H,1,4H2,2H3. The van der Waals surface area contributed by atoms with Crippen molar-refractivity contribution in [2.24, 2.45) is 5.92 Å². The summed E-state index contributed by atoms with van der Waals surface area (Å²) in [6.45, 7) is 6.41. The Morgan fingerprint density at radius 3 is 1.80 bits per heavy atom. The van der Waals surface area contributed by atoms with E-state index >= 15 is 0 Å². The maximum atomic E-state index is 3.48. The van der Waals surface area contributed by atoms with E-state index in [-0.39, 0.29) is 0 Å². The average molecular weight is 774 g/mol. The molecule has 3 aromatic heterocycles. The van der Waals surface area contributed by atoms with Crippen molar-refractivity contribution in [3.63, 3.8) is 0 Å². The zero-order chi connectivity index (χ0) is 40.2. The number of fused-ring (bicyclic) bond motifs is 12. The number of allylic oxidation sites excluding steroid dienone is 4. The van der Waals surface area contributed by atoms with Crippen LogP contribution in [0.15, 0.2) is 195 Å². The Labute approximate surface area is 351 Å². The molecule has 7 aromatic carbocycles. The van der Waals surface area contributed by atoms with Gasteiger partial charge < -0.3 is 13.7 Å². The van der Waals surface area contributed by atoms with E-state index in [0.717, 1.165) is 32.2 Å². The van der Waals surface area contributed by atoms with Crippen LogP contribution in [0.5, 0.6) is 0 Å². The van der Waals surface area contributed by atoms with Gasteiger partial charge in [0.15, 0.2) is 0 Å². The zero-order valence-electron chi connectivity index (χ0n) is 34.1. The van der Waals surface area contributed by atoms with Crippen LogP contribution in [0, 0.1) is 5.92 Å². The third-order valence-electron chi connectivity index (χ3n) is 12.8. The Balaban J connectivity index is 0.000000980. The van der Waals surface area contributed by atoms with Gasteiger partial charge in [0.1, 0.15) is 0 Å². The molecule has 3 heteroatoms. The van der Waals surface area contributed by atoms with Gasteiger partial charge >= 0.3 is 0 Å². The Bertz CT molecular complexity index is 3390. The van der Waals surface area contributed by atoms with E-state index in [9.17, 15) is 0 Å². The predicted octanol–water partition coefficient (Wildman–Crippen LogP) is 15.0. The van der Waals surface area contributed by atoms with Crippen molar-refractivity contribution in [1.82, 2.24) is 8.80 Å². The minimum Gasteiger partial charge on any atom is -0.341 e. The quantitative estimate of drug-likeness (QED) is 0.153. The minimum atomic E-state index is 0.337. The number of aryl methyl sites for hydroxylation is 2. The van der Waals surface area contributed by atoms with Gasteiger partial charge in [0, 0.05) is 39.5 Å². The molecular weight excluding hydrogens is 727 g/mol. The lowest BCUT2D eigenvalue weighted by atomic mass is 9.90. The molecule has 10 aromatic rings. The van der Waals surface area contributed by atoms with E-state index in [1.807, 2.05) is 6.08 Å². The van der Waals surface area contributed by atoms with Crippen LogP contribution in [0.4, 0.5) is 11.4 Å². The van der Waals surface area contributed by atoms with Crippen LogP contribution in [-0.2, 0) is 12.8 Å². The van der Waals surface area contributed by atoms with Gasteiger partial charge in [0.25, 0.3) is 0 Å². The summed E-state index contributed by atoms with van der Waals surface area (Å²) in [7, 11) is 0. The van der Waals surface area contributed by atoms with Gasteiger partial charge in [-0.25, -0.2) is 0 Å². The normalized spacial score (nSPS) is 14.6. The van der Waals surface area contributed by atoms with Crippen molar-refractivity contribution in [1.29, 1.82) is 0 Å². The molecule has 0 saturated heterocycles. The lowest BCUT2D eigenvalue weighted by molar-refractivity contribution is 0.659. The van der Waals surface area contributed by atoms with Crippen molar-refractivity contribution in [3.8, 4) is 0 Å². The first-order valence-corrected chi connectivity index (χ1v) is 21.5. The number of benzene rings is 7. The van der Waals surface area contributed by atoms with Crippen LogP contribution in [0.3, 0.4) is 0 Å². The van der Waals surface area contributed by atoms with E-state index in [1.54, 1.807) is 0 Å². The summed E-state index contributed by atoms with van der Waals surface area (Å²) < 4.78 is 5.16. The third-order valence-corrected chi connectivity index (χ3v) is 12.8. The van der Waals surface area contributed by atoms with Gasteiger partial charge in [-0.05, 0) is 119 Å². The number of aromatic nitrogens is 2. The van der Waals surface area contributed by atoms with E-state index < -0.39 is 0 Å². The van der Waals surface area contributed by atoms with Gasteiger partial charge in [-0.3, -0.25) is 0 Å². The highest BCUT2D eigenvalue weighted by molar-refractivity contribution is 6.14. The van der Waals surface area contributed by atoms with E-state index in [4.69, 9.17) is 0 Å². The molecule has 290 valence electrons. The summed E-state index contributed by atoms with van der Waals surface area (Å²) in [4.78, 5) is 2.54. The first-order chi connectivity index (χ1) is 29.7. The second-order valence-electron chi connectivity index (χ2n) is 16.3. The molecule has 2 aliphatic rings. The highest BCUT2D eigenvalue weighted by Crippen LogP contribution is 2.43. The fourth-order valence-corrected chi connectivity index (χ4v) is 10.0. The van der Waals surface area contributed by atoms with Crippen LogP contribution in [0.25, 0.3) is 71.0 Å². The highest BCUT2D eigenvalue weighted by Gasteiger charge is 2.26. The van der Waals surface area contributed by atoms with Crippen molar-refractivity contribution < 1.29 is 0 Å². The fraction of sp³-hybridized carbons (Fsp3) is 0.123. The molecule has 0 fully saturated rings. The van der Waals surface area contributed by atoms with Gasteiger partial charge in [-0.15, -0.1) is 6.58 Å². The first-order valence-electron chi connectivity index (χ1n) is 21.5. The molecule has 0 N–H and O–H groups in total. The SMILES string of the molecule is C1=CC(c2ccc3ccccc3c2)=CC(CN(c2ccccc2)c2ccc3c(c2)c2ccccc2n2c4ccccc4c4c2c2c(c5ccccc5n32)CC4)C1.C=CCC. The molecule has 3 heterocycles.